The number of aromatic nitrogens is 3. The molecule has 2 aliphatic rings. The first kappa shape index (κ1) is 26.2. The molecule has 4 N–H and O–H groups in total. The van der Waals surface area contributed by atoms with Gasteiger partial charge in [0.15, 0.2) is 5.65 Å². The normalized spacial score (nSPS) is 17.4. The Hall–Kier alpha value is -4.02. The molecular weight excluding hydrogens is 548 g/mol. The number of nitrogens with one attached hydrogen (secondary N) is 3. The minimum absolute atomic E-state index is 0.283. The van der Waals surface area contributed by atoms with E-state index in [1.165, 1.54) is 18.2 Å². The summed E-state index contributed by atoms with van der Waals surface area (Å²) in [4.78, 5) is 41.3. The molecule has 4 heterocycles. The van der Waals surface area contributed by atoms with Gasteiger partial charge in [-0.3, -0.25) is 9.59 Å². The molecule has 6 rings (SSSR count). The Balaban J connectivity index is 1.17. The van der Waals surface area contributed by atoms with Crippen molar-refractivity contribution in [2.24, 2.45) is 0 Å². The Morgan fingerprint density at radius 3 is 2.65 bits per heavy atom. The van der Waals surface area contributed by atoms with E-state index in [1.807, 2.05) is 48.5 Å². The minimum atomic E-state index is -0.725. The summed E-state index contributed by atoms with van der Waals surface area (Å²) in [5, 5.41) is 17.1. The summed E-state index contributed by atoms with van der Waals surface area (Å²) in [6, 6.07) is 17.8. The monoisotopic (exact) mass is 574 g/mol. The standard InChI is InChI=1S/C29H27ClN6O3S/c30-24-18(31-27(38)23-25(37)20(32-28(23)39)16-17-8-3-1-4-9-17)10-7-11-21(24)40-22-13-12-19-26(34-22)35-29(33-19)36-14-5-2-6-15-36/h1,3-4,7-13,20,37H,2,5-6,14-16H2,(H,31,38)(H,32,39)(H,33,34,35)/t20-/m0/s1. The van der Waals surface area contributed by atoms with E-state index in [4.69, 9.17) is 21.6 Å². The molecule has 40 heavy (non-hydrogen) atoms. The van der Waals surface area contributed by atoms with E-state index in [9.17, 15) is 14.7 Å². The zero-order chi connectivity index (χ0) is 27.6. The van der Waals surface area contributed by atoms with Gasteiger partial charge in [0.05, 0.1) is 16.8 Å². The summed E-state index contributed by atoms with van der Waals surface area (Å²) < 4.78 is 0. The lowest BCUT2D eigenvalue weighted by Gasteiger charge is -2.25. The Bertz CT molecular complexity index is 1620. The van der Waals surface area contributed by atoms with Crippen molar-refractivity contribution >= 4 is 58.0 Å². The highest BCUT2D eigenvalue weighted by atomic mass is 35.5. The number of H-pyrrole nitrogens is 1. The molecule has 4 aromatic rings. The first-order chi connectivity index (χ1) is 19.5. The molecule has 2 aromatic heterocycles. The Kier molecular flexibility index (Phi) is 7.36. The van der Waals surface area contributed by atoms with Gasteiger partial charge in [-0.25, -0.2) is 9.97 Å². The number of amides is 2. The summed E-state index contributed by atoms with van der Waals surface area (Å²) in [5.41, 5.74) is 2.44. The first-order valence-electron chi connectivity index (χ1n) is 13.1. The Labute approximate surface area is 240 Å². The maximum atomic E-state index is 13.1. The van der Waals surface area contributed by atoms with Gasteiger partial charge in [0.2, 0.25) is 5.95 Å². The van der Waals surface area contributed by atoms with E-state index in [-0.39, 0.29) is 11.3 Å². The lowest BCUT2D eigenvalue weighted by Crippen LogP contribution is -2.31. The van der Waals surface area contributed by atoms with Crippen LogP contribution in [0, 0.1) is 0 Å². The quantitative estimate of drug-likeness (QED) is 0.222. The van der Waals surface area contributed by atoms with Crippen molar-refractivity contribution < 1.29 is 14.7 Å². The molecule has 204 valence electrons. The fourth-order valence-corrected chi connectivity index (χ4v) is 6.10. The van der Waals surface area contributed by atoms with Crippen molar-refractivity contribution in [3.8, 4) is 0 Å². The van der Waals surface area contributed by atoms with E-state index < -0.39 is 17.9 Å². The molecule has 0 aliphatic carbocycles. The number of hydrogen-bond donors (Lipinski definition) is 4. The van der Waals surface area contributed by atoms with Gasteiger partial charge in [0.25, 0.3) is 11.8 Å². The molecule has 0 saturated carbocycles. The number of aliphatic hydroxyl groups excluding tert-OH is 1. The van der Waals surface area contributed by atoms with Crippen LogP contribution in [0.5, 0.6) is 0 Å². The molecule has 2 aliphatic heterocycles. The molecule has 0 radical (unpaired) electrons. The number of carbonyl (C=O) groups excluding carboxylic acids is 2. The molecule has 2 aromatic carbocycles. The average Bonchev–Trinajstić information content (AvgIpc) is 3.51. The summed E-state index contributed by atoms with van der Waals surface area (Å²) in [7, 11) is 0. The van der Waals surface area contributed by atoms with Gasteiger partial charge in [0, 0.05) is 18.0 Å². The largest absolute Gasteiger partial charge is 0.509 e. The van der Waals surface area contributed by atoms with Crippen LogP contribution in [-0.4, -0.2) is 51.0 Å². The summed E-state index contributed by atoms with van der Waals surface area (Å²) in [6.45, 7) is 1.97. The number of rotatable bonds is 7. The molecule has 2 amide bonds. The molecule has 11 heteroatoms. The van der Waals surface area contributed by atoms with Crippen LogP contribution in [0.15, 0.2) is 81.9 Å². The number of pyridine rings is 1. The van der Waals surface area contributed by atoms with Crippen LogP contribution in [0.3, 0.4) is 0 Å². The van der Waals surface area contributed by atoms with Crippen LogP contribution in [0.1, 0.15) is 24.8 Å². The Morgan fingerprint density at radius 2 is 1.85 bits per heavy atom. The molecule has 0 unspecified atom stereocenters. The van der Waals surface area contributed by atoms with Crippen LogP contribution >= 0.6 is 23.4 Å². The van der Waals surface area contributed by atoms with Gasteiger partial charge in [-0.05, 0) is 55.5 Å². The molecule has 9 nitrogen and oxygen atoms in total. The van der Waals surface area contributed by atoms with Gasteiger partial charge in [-0.1, -0.05) is 59.8 Å². The van der Waals surface area contributed by atoms with Crippen LogP contribution in [0.2, 0.25) is 5.02 Å². The van der Waals surface area contributed by atoms with Crippen LogP contribution in [-0.2, 0) is 16.0 Å². The SMILES string of the molecule is O=C(Nc1cccc(Sc2ccc3nc(N4CCCCC4)[nH]c3n2)c1Cl)C1=C(O)[C@H](Cc2ccccc2)NC1=O. The lowest BCUT2D eigenvalue weighted by molar-refractivity contribution is -0.120. The fourth-order valence-electron chi connectivity index (χ4n) is 4.97. The van der Waals surface area contributed by atoms with Crippen molar-refractivity contribution in [3.05, 3.63) is 82.6 Å². The molecular formula is C29H27ClN6O3S. The van der Waals surface area contributed by atoms with Crippen molar-refractivity contribution in [1.82, 2.24) is 20.3 Å². The number of anilines is 2. The second-order valence-electron chi connectivity index (χ2n) is 9.78. The molecule has 1 saturated heterocycles. The number of benzene rings is 2. The van der Waals surface area contributed by atoms with Crippen LogP contribution in [0.25, 0.3) is 11.2 Å². The molecule has 1 atom stereocenters. The number of hydrogen-bond acceptors (Lipinski definition) is 7. The fraction of sp³-hybridized carbons (Fsp3) is 0.241. The summed E-state index contributed by atoms with van der Waals surface area (Å²) in [5.74, 6) is -0.795. The number of halogens is 1. The van der Waals surface area contributed by atoms with Gasteiger partial charge < -0.3 is 25.6 Å². The summed E-state index contributed by atoms with van der Waals surface area (Å²) >= 11 is 8.03. The van der Waals surface area contributed by atoms with E-state index in [1.54, 1.807) is 12.1 Å². The predicted molar refractivity (Wildman–Crippen MR) is 156 cm³/mol. The third kappa shape index (κ3) is 5.37. The van der Waals surface area contributed by atoms with Gasteiger partial charge >= 0.3 is 0 Å². The molecule has 0 bridgehead atoms. The van der Waals surface area contributed by atoms with Gasteiger partial charge in [-0.15, -0.1) is 0 Å². The zero-order valence-electron chi connectivity index (χ0n) is 21.5. The number of carbonyl (C=O) groups is 2. The highest BCUT2D eigenvalue weighted by molar-refractivity contribution is 7.99. The number of piperidine rings is 1. The number of nitrogens with zero attached hydrogens (tertiary/aromatic N) is 3. The number of imidazole rings is 1. The number of aromatic amines is 1. The van der Waals surface area contributed by atoms with E-state index >= 15 is 0 Å². The maximum Gasteiger partial charge on any atom is 0.264 e. The second-order valence-corrected chi connectivity index (χ2v) is 11.2. The lowest BCUT2D eigenvalue weighted by atomic mass is 10.0. The van der Waals surface area contributed by atoms with Crippen LogP contribution < -0.4 is 15.5 Å². The number of fused-ring (bicyclic) bond motifs is 1. The average molecular weight is 575 g/mol. The highest BCUT2D eigenvalue weighted by Gasteiger charge is 2.36. The van der Waals surface area contributed by atoms with E-state index in [0.29, 0.717) is 32.7 Å². The van der Waals surface area contributed by atoms with Crippen molar-refractivity contribution in [2.75, 3.05) is 23.3 Å². The smallest absolute Gasteiger partial charge is 0.264 e. The molecule has 1 fully saturated rings. The second kappa shape index (κ2) is 11.2. The highest BCUT2D eigenvalue weighted by Crippen LogP contribution is 2.37. The first-order valence-corrected chi connectivity index (χ1v) is 14.3. The van der Waals surface area contributed by atoms with Crippen molar-refractivity contribution in [3.63, 3.8) is 0 Å². The van der Waals surface area contributed by atoms with Gasteiger partial charge in [0.1, 0.15) is 21.9 Å². The van der Waals surface area contributed by atoms with Crippen molar-refractivity contribution in [2.45, 2.75) is 41.6 Å². The third-order valence-electron chi connectivity index (χ3n) is 7.01. The third-order valence-corrected chi connectivity index (χ3v) is 8.53. The summed E-state index contributed by atoms with van der Waals surface area (Å²) in [6.07, 6.45) is 3.94. The predicted octanol–water partition coefficient (Wildman–Crippen LogP) is 5.24. The topological polar surface area (TPSA) is 123 Å². The zero-order valence-corrected chi connectivity index (χ0v) is 23.1. The van der Waals surface area contributed by atoms with E-state index in [2.05, 4.69) is 20.5 Å². The molecule has 0 spiro atoms. The van der Waals surface area contributed by atoms with Gasteiger partial charge in [-0.2, -0.15) is 0 Å². The maximum absolute atomic E-state index is 13.1. The minimum Gasteiger partial charge on any atom is -0.509 e. The Morgan fingerprint density at radius 1 is 1.05 bits per heavy atom. The van der Waals surface area contributed by atoms with E-state index in [0.717, 1.165) is 43.0 Å². The van der Waals surface area contributed by atoms with Crippen LogP contribution in [0.4, 0.5) is 11.6 Å². The number of aliphatic hydroxyl groups is 1. The van der Waals surface area contributed by atoms with Crippen molar-refractivity contribution in [1.29, 1.82) is 0 Å².